The molecule has 0 aliphatic heterocycles. The molecule has 29 heavy (non-hydrogen) atoms. The number of ether oxygens (including phenoxy) is 1. The summed E-state index contributed by atoms with van der Waals surface area (Å²) in [7, 11) is 1.61. The second kappa shape index (κ2) is 9.52. The molecule has 0 unspecified atom stereocenters. The Hall–Kier alpha value is -2.93. The van der Waals surface area contributed by atoms with Crippen LogP contribution in [0.3, 0.4) is 0 Å². The van der Waals surface area contributed by atoms with E-state index in [4.69, 9.17) is 17.0 Å². The molecule has 0 fully saturated rings. The van der Waals surface area contributed by atoms with Gasteiger partial charge in [-0.2, -0.15) is 0 Å². The van der Waals surface area contributed by atoms with Gasteiger partial charge in [0.05, 0.1) is 19.2 Å². The van der Waals surface area contributed by atoms with Crippen molar-refractivity contribution in [3.8, 4) is 5.75 Å². The Bertz CT molecular complexity index is 1030. The lowest BCUT2D eigenvalue weighted by molar-refractivity contribution is 0.393. The third kappa shape index (κ3) is 5.54. The Labute approximate surface area is 175 Å². The van der Waals surface area contributed by atoms with Crippen molar-refractivity contribution in [2.24, 2.45) is 5.92 Å². The lowest BCUT2D eigenvalue weighted by atomic mass is 10.1. The number of rotatable bonds is 7. The maximum atomic E-state index is 12.7. The zero-order valence-electron chi connectivity index (χ0n) is 16.9. The zero-order valence-corrected chi connectivity index (χ0v) is 17.8. The topological polar surface area (TPSA) is 70.2 Å². The second-order valence-corrected chi connectivity index (χ2v) is 7.76. The largest absolute Gasteiger partial charge is 0.497 e. The van der Waals surface area contributed by atoms with Gasteiger partial charge in [-0.3, -0.25) is 9.78 Å². The first-order chi connectivity index (χ1) is 14.0. The number of hydrogen-bond donors (Lipinski definition) is 2. The smallest absolute Gasteiger partial charge is 0.253 e. The van der Waals surface area contributed by atoms with Gasteiger partial charge in [-0.1, -0.05) is 19.9 Å². The predicted molar refractivity (Wildman–Crippen MR) is 120 cm³/mol. The number of methoxy groups -OCH3 is 1. The molecule has 0 atom stereocenters. The molecule has 2 heterocycles. The number of aromatic amines is 1. The predicted octanol–water partition coefficient (Wildman–Crippen LogP) is 3.46. The molecule has 2 aromatic heterocycles. The summed E-state index contributed by atoms with van der Waals surface area (Å²) in [5.74, 6) is 1.17. The highest BCUT2D eigenvalue weighted by Crippen LogP contribution is 2.19. The van der Waals surface area contributed by atoms with Gasteiger partial charge >= 0.3 is 0 Å². The summed E-state index contributed by atoms with van der Waals surface area (Å²) in [6.07, 6.45) is 3.56. The quantitative estimate of drug-likeness (QED) is 0.582. The zero-order chi connectivity index (χ0) is 20.8. The molecule has 3 rings (SSSR count). The number of nitrogens with zero attached hydrogens (tertiary/aromatic N) is 2. The molecular weight excluding hydrogens is 384 g/mol. The van der Waals surface area contributed by atoms with Crippen LogP contribution in [0, 0.1) is 5.92 Å². The Morgan fingerprint density at radius 1 is 1.28 bits per heavy atom. The molecule has 0 saturated carbocycles. The highest BCUT2D eigenvalue weighted by molar-refractivity contribution is 7.80. The summed E-state index contributed by atoms with van der Waals surface area (Å²) < 4.78 is 5.24. The van der Waals surface area contributed by atoms with Crippen molar-refractivity contribution in [1.29, 1.82) is 0 Å². The van der Waals surface area contributed by atoms with E-state index < -0.39 is 0 Å². The fraction of sp³-hybridized carbons (Fsp3) is 0.318. The Morgan fingerprint density at radius 3 is 2.79 bits per heavy atom. The molecule has 2 N–H and O–H groups in total. The molecule has 1 aromatic carbocycles. The van der Waals surface area contributed by atoms with E-state index in [0.29, 0.717) is 35.4 Å². The van der Waals surface area contributed by atoms with Crippen LogP contribution in [0.25, 0.3) is 10.9 Å². The van der Waals surface area contributed by atoms with Crippen LogP contribution < -0.4 is 15.6 Å². The van der Waals surface area contributed by atoms with Gasteiger partial charge in [-0.15, -0.1) is 0 Å². The normalized spacial score (nSPS) is 10.9. The highest BCUT2D eigenvalue weighted by Gasteiger charge is 2.14. The number of hydrogen-bond acceptors (Lipinski definition) is 4. The van der Waals surface area contributed by atoms with Crippen LogP contribution in [0.15, 0.2) is 53.6 Å². The SMILES string of the molecule is COc1ccc2cc(CN(Cc3cccnc3)C(=S)NCC(C)C)c(=O)[nH]c2c1. The number of pyridine rings is 2. The summed E-state index contributed by atoms with van der Waals surface area (Å²) in [4.78, 5) is 21.8. The molecule has 0 saturated heterocycles. The van der Waals surface area contributed by atoms with Crippen LogP contribution in [0.1, 0.15) is 25.0 Å². The second-order valence-electron chi connectivity index (χ2n) is 7.37. The summed E-state index contributed by atoms with van der Waals surface area (Å²) in [5.41, 5.74) is 2.30. The lowest BCUT2D eigenvalue weighted by Gasteiger charge is -2.26. The number of nitrogens with one attached hydrogen (secondary N) is 2. The van der Waals surface area contributed by atoms with Gasteiger partial charge in [0.1, 0.15) is 5.75 Å². The molecule has 152 valence electrons. The summed E-state index contributed by atoms with van der Waals surface area (Å²) in [6, 6.07) is 11.5. The fourth-order valence-corrected chi connectivity index (χ4v) is 3.20. The van der Waals surface area contributed by atoms with Crippen molar-refractivity contribution in [2.75, 3.05) is 13.7 Å². The van der Waals surface area contributed by atoms with Crippen molar-refractivity contribution in [1.82, 2.24) is 20.2 Å². The van der Waals surface area contributed by atoms with Crippen LogP contribution in [-0.2, 0) is 13.1 Å². The summed E-state index contributed by atoms with van der Waals surface area (Å²) in [6.45, 7) is 6.00. The van der Waals surface area contributed by atoms with Gasteiger partial charge < -0.3 is 19.9 Å². The van der Waals surface area contributed by atoms with E-state index in [1.165, 1.54) is 0 Å². The minimum atomic E-state index is -0.131. The maximum absolute atomic E-state index is 12.7. The minimum Gasteiger partial charge on any atom is -0.497 e. The van der Waals surface area contributed by atoms with E-state index >= 15 is 0 Å². The number of fused-ring (bicyclic) bond motifs is 1. The van der Waals surface area contributed by atoms with Gasteiger partial charge in [0.15, 0.2) is 5.11 Å². The molecule has 0 aliphatic carbocycles. The van der Waals surface area contributed by atoms with Crippen molar-refractivity contribution >= 4 is 28.2 Å². The molecule has 0 bridgehead atoms. The first kappa shape index (κ1) is 20.8. The van der Waals surface area contributed by atoms with E-state index in [1.54, 1.807) is 13.3 Å². The summed E-state index contributed by atoms with van der Waals surface area (Å²) >= 11 is 5.63. The van der Waals surface area contributed by atoms with E-state index in [0.717, 1.165) is 23.0 Å². The Balaban J connectivity index is 1.88. The van der Waals surface area contributed by atoms with Gasteiger partial charge in [0, 0.05) is 37.1 Å². The van der Waals surface area contributed by atoms with E-state index in [1.807, 2.05) is 47.5 Å². The van der Waals surface area contributed by atoms with E-state index in [2.05, 4.69) is 29.1 Å². The van der Waals surface area contributed by atoms with Gasteiger partial charge in [-0.05, 0) is 53.4 Å². The third-order valence-corrected chi connectivity index (χ3v) is 4.94. The van der Waals surface area contributed by atoms with Crippen LogP contribution in [0.5, 0.6) is 5.75 Å². The Kier molecular flexibility index (Phi) is 6.82. The van der Waals surface area contributed by atoms with Crippen LogP contribution in [0.2, 0.25) is 0 Å². The number of aromatic nitrogens is 2. The van der Waals surface area contributed by atoms with Crippen molar-refractivity contribution in [3.05, 3.63) is 70.3 Å². The standard InChI is InChI=1S/C22H26N4O2S/c1-15(2)11-24-22(29)26(13-16-5-4-8-23-12-16)14-18-9-17-6-7-19(28-3)10-20(17)25-21(18)27/h4-10,12,15H,11,13-14H2,1-3H3,(H,24,29)(H,25,27). The lowest BCUT2D eigenvalue weighted by Crippen LogP contribution is -2.41. The molecule has 3 aromatic rings. The molecule has 0 aliphatic rings. The molecule has 6 nitrogen and oxygen atoms in total. The fourth-order valence-electron chi connectivity index (χ4n) is 2.99. The molecule has 7 heteroatoms. The number of thiocarbonyl (C=S) groups is 1. The van der Waals surface area contributed by atoms with Crippen molar-refractivity contribution in [3.63, 3.8) is 0 Å². The van der Waals surface area contributed by atoms with Gasteiger partial charge in [0.2, 0.25) is 0 Å². The molecule has 0 spiro atoms. The summed E-state index contributed by atoms with van der Waals surface area (Å²) in [5, 5.41) is 4.87. The molecule has 0 amide bonds. The first-order valence-corrected chi connectivity index (χ1v) is 9.98. The Morgan fingerprint density at radius 2 is 2.10 bits per heavy atom. The minimum absolute atomic E-state index is 0.131. The molecular formula is C22H26N4O2S. The maximum Gasteiger partial charge on any atom is 0.253 e. The van der Waals surface area contributed by atoms with Crippen molar-refractivity contribution in [2.45, 2.75) is 26.9 Å². The monoisotopic (exact) mass is 410 g/mol. The van der Waals surface area contributed by atoms with Crippen LogP contribution >= 0.6 is 12.2 Å². The van der Waals surface area contributed by atoms with Gasteiger partial charge in [-0.25, -0.2) is 0 Å². The van der Waals surface area contributed by atoms with Crippen LogP contribution in [-0.4, -0.2) is 33.6 Å². The van der Waals surface area contributed by atoms with Crippen LogP contribution in [0.4, 0.5) is 0 Å². The average molecular weight is 411 g/mol. The number of benzene rings is 1. The molecule has 0 radical (unpaired) electrons. The van der Waals surface area contributed by atoms with E-state index in [9.17, 15) is 4.79 Å². The van der Waals surface area contributed by atoms with Crippen molar-refractivity contribution < 1.29 is 4.74 Å². The number of H-pyrrole nitrogens is 1. The van der Waals surface area contributed by atoms with E-state index in [-0.39, 0.29) is 5.56 Å². The highest BCUT2D eigenvalue weighted by atomic mass is 32.1. The average Bonchev–Trinajstić information content (AvgIpc) is 2.72. The van der Waals surface area contributed by atoms with Gasteiger partial charge in [0.25, 0.3) is 5.56 Å². The first-order valence-electron chi connectivity index (χ1n) is 9.58. The third-order valence-electron chi connectivity index (χ3n) is 4.54.